The third kappa shape index (κ3) is 2.07. The van der Waals surface area contributed by atoms with Crippen molar-refractivity contribution in [1.82, 2.24) is 9.97 Å². The lowest BCUT2D eigenvalue weighted by Crippen LogP contribution is -2.15. The Bertz CT molecular complexity index is 445. The fraction of sp³-hybridized carbons (Fsp3) is 0.200. The topological polar surface area (TPSA) is 67.0 Å². The summed E-state index contributed by atoms with van der Waals surface area (Å²) >= 11 is 0. The number of esters is 1. The molecule has 0 amide bonds. The lowest BCUT2D eigenvalue weighted by molar-refractivity contribution is -0.138. The summed E-state index contributed by atoms with van der Waals surface area (Å²) in [4.78, 5) is 18.2. The molecular formula is C10H11N3O2. The van der Waals surface area contributed by atoms with Gasteiger partial charge in [0.05, 0.1) is 18.1 Å². The number of H-pyrrole nitrogens is 1. The molecule has 5 nitrogen and oxygen atoms in total. The molecule has 0 spiro atoms. The standard InChI is InChI=1S/C10H11N3O2/c1-15-9(14)6-11-10-12-7-4-2-3-5-8(7)13-10/h2-5H,6H2,1H3,(H2,11,12,13). The van der Waals surface area contributed by atoms with Gasteiger partial charge in [0.2, 0.25) is 5.95 Å². The average Bonchev–Trinajstić information content (AvgIpc) is 2.68. The van der Waals surface area contributed by atoms with Gasteiger partial charge in [-0.15, -0.1) is 0 Å². The number of para-hydroxylation sites is 2. The van der Waals surface area contributed by atoms with E-state index in [1.807, 2.05) is 24.3 Å². The number of fused-ring (bicyclic) bond motifs is 1. The molecule has 0 aliphatic heterocycles. The van der Waals surface area contributed by atoms with Crippen molar-refractivity contribution >= 4 is 23.0 Å². The predicted molar refractivity (Wildman–Crippen MR) is 56.6 cm³/mol. The Morgan fingerprint density at radius 1 is 1.53 bits per heavy atom. The summed E-state index contributed by atoms with van der Waals surface area (Å²) < 4.78 is 4.50. The number of methoxy groups -OCH3 is 1. The summed E-state index contributed by atoms with van der Waals surface area (Å²) in [5.41, 5.74) is 1.80. The first-order valence-electron chi connectivity index (χ1n) is 4.55. The molecule has 0 atom stereocenters. The van der Waals surface area contributed by atoms with Crippen LogP contribution < -0.4 is 5.32 Å². The molecule has 2 N–H and O–H groups in total. The largest absolute Gasteiger partial charge is 0.468 e. The van der Waals surface area contributed by atoms with Gasteiger partial charge in [0.25, 0.3) is 0 Å². The molecule has 2 rings (SSSR count). The number of rotatable bonds is 3. The van der Waals surface area contributed by atoms with Gasteiger partial charge in [0.1, 0.15) is 6.54 Å². The van der Waals surface area contributed by atoms with Crippen molar-refractivity contribution in [2.45, 2.75) is 0 Å². The summed E-state index contributed by atoms with van der Waals surface area (Å²) in [5, 5.41) is 2.84. The highest BCUT2D eigenvalue weighted by Crippen LogP contribution is 2.12. The fourth-order valence-electron chi connectivity index (χ4n) is 1.26. The number of carbonyl (C=O) groups excluding carboxylic acids is 1. The highest BCUT2D eigenvalue weighted by atomic mass is 16.5. The number of hydrogen-bond donors (Lipinski definition) is 2. The lowest BCUT2D eigenvalue weighted by atomic mass is 10.3. The Kier molecular flexibility index (Phi) is 2.53. The molecule has 1 heterocycles. The van der Waals surface area contributed by atoms with Crippen LogP contribution in [-0.4, -0.2) is 29.6 Å². The van der Waals surface area contributed by atoms with Gasteiger partial charge in [0, 0.05) is 0 Å². The van der Waals surface area contributed by atoms with E-state index in [0.29, 0.717) is 5.95 Å². The maximum atomic E-state index is 10.9. The third-order valence-electron chi connectivity index (χ3n) is 2.02. The van der Waals surface area contributed by atoms with Crippen LogP contribution in [0, 0.1) is 0 Å². The minimum atomic E-state index is -0.324. The molecule has 0 fully saturated rings. The quantitative estimate of drug-likeness (QED) is 0.737. The van der Waals surface area contributed by atoms with Crippen LogP contribution in [0.3, 0.4) is 0 Å². The minimum absolute atomic E-state index is 0.107. The van der Waals surface area contributed by atoms with Crippen molar-refractivity contribution in [3.8, 4) is 0 Å². The fourth-order valence-corrected chi connectivity index (χ4v) is 1.26. The molecule has 1 aromatic heterocycles. The predicted octanol–water partition coefficient (Wildman–Crippen LogP) is 1.15. The Labute approximate surface area is 86.5 Å². The molecule has 0 aliphatic carbocycles. The smallest absolute Gasteiger partial charge is 0.325 e. The molecular weight excluding hydrogens is 194 g/mol. The maximum Gasteiger partial charge on any atom is 0.325 e. The van der Waals surface area contributed by atoms with Gasteiger partial charge in [-0.05, 0) is 12.1 Å². The van der Waals surface area contributed by atoms with Crippen molar-refractivity contribution in [3.63, 3.8) is 0 Å². The number of nitrogens with zero attached hydrogens (tertiary/aromatic N) is 1. The van der Waals surface area contributed by atoms with Gasteiger partial charge >= 0.3 is 5.97 Å². The molecule has 0 unspecified atom stereocenters. The lowest BCUT2D eigenvalue weighted by Gasteiger charge is -1.99. The van der Waals surface area contributed by atoms with Gasteiger partial charge in [0.15, 0.2) is 0 Å². The van der Waals surface area contributed by atoms with E-state index in [4.69, 9.17) is 0 Å². The van der Waals surface area contributed by atoms with Gasteiger partial charge in [-0.3, -0.25) is 4.79 Å². The van der Waals surface area contributed by atoms with Crippen LogP contribution >= 0.6 is 0 Å². The number of aromatic nitrogens is 2. The average molecular weight is 205 g/mol. The van der Waals surface area contributed by atoms with Crippen LogP contribution in [0.4, 0.5) is 5.95 Å². The molecule has 1 aromatic carbocycles. The summed E-state index contributed by atoms with van der Waals surface area (Å²) in [7, 11) is 1.35. The van der Waals surface area contributed by atoms with E-state index in [1.54, 1.807) is 0 Å². The van der Waals surface area contributed by atoms with Crippen molar-refractivity contribution in [2.75, 3.05) is 19.0 Å². The van der Waals surface area contributed by atoms with E-state index in [1.165, 1.54) is 7.11 Å². The number of imidazole rings is 1. The van der Waals surface area contributed by atoms with Crippen LogP contribution in [-0.2, 0) is 9.53 Å². The van der Waals surface area contributed by atoms with Crippen LogP contribution in [0.25, 0.3) is 11.0 Å². The molecule has 5 heteroatoms. The van der Waals surface area contributed by atoms with Crippen LogP contribution in [0.5, 0.6) is 0 Å². The number of carbonyl (C=O) groups is 1. The van der Waals surface area contributed by atoms with E-state index in [2.05, 4.69) is 20.0 Å². The van der Waals surface area contributed by atoms with Crippen molar-refractivity contribution < 1.29 is 9.53 Å². The summed E-state index contributed by atoms with van der Waals surface area (Å²) in [5.74, 6) is 0.247. The first-order valence-corrected chi connectivity index (χ1v) is 4.55. The third-order valence-corrected chi connectivity index (χ3v) is 2.02. The highest BCUT2D eigenvalue weighted by molar-refractivity contribution is 5.79. The highest BCUT2D eigenvalue weighted by Gasteiger charge is 2.03. The number of aromatic amines is 1. The maximum absolute atomic E-state index is 10.9. The van der Waals surface area contributed by atoms with E-state index in [9.17, 15) is 4.79 Å². The zero-order valence-corrected chi connectivity index (χ0v) is 8.28. The first kappa shape index (κ1) is 9.51. The Hall–Kier alpha value is -2.04. The molecule has 78 valence electrons. The molecule has 0 radical (unpaired) electrons. The molecule has 0 saturated carbocycles. The zero-order valence-electron chi connectivity index (χ0n) is 8.28. The number of ether oxygens (including phenoxy) is 1. The van der Waals surface area contributed by atoms with E-state index >= 15 is 0 Å². The summed E-state index contributed by atoms with van der Waals surface area (Å²) in [6, 6.07) is 7.65. The number of hydrogen-bond acceptors (Lipinski definition) is 4. The second-order valence-electron chi connectivity index (χ2n) is 3.03. The van der Waals surface area contributed by atoms with E-state index in [-0.39, 0.29) is 12.5 Å². The Balaban J connectivity index is 2.12. The van der Waals surface area contributed by atoms with E-state index in [0.717, 1.165) is 11.0 Å². The van der Waals surface area contributed by atoms with Crippen LogP contribution in [0.1, 0.15) is 0 Å². The molecule has 0 aliphatic rings. The van der Waals surface area contributed by atoms with Crippen molar-refractivity contribution in [3.05, 3.63) is 24.3 Å². The molecule has 0 bridgehead atoms. The molecule has 0 saturated heterocycles. The second-order valence-corrected chi connectivity index (χ2v) is 3.03. The molecule has 15 heavy (non-hydrogen) atoms. The summed E-state index contributed by atoms with van der Waals surface area (Å²) in [6.45, 7) is 0.107. The molecule has 2 aromatic rings. The van der Waals surface area contributed by atoms with Crippen LogP contribution in [0.2, 0.25) is 0 Å². The second kappa shape index (κ2) is 4.00. The monoisotopic (exact) mass is 205 g/mol. The van der Waals surface area contributed by atoms with E-state index < -0.39 is 0 Å². The van der Waals surface area contributed by atoms with Gasteiger partial charge in [-0.2, -0.15) is 0 Å². The Morgan fingerprint density at radius 2 is 2.33 bits per heavy atom. The normalized spacial score (nSPS) is 10.2. The van der Waals surface area contributed by atoms with Crippen LogP contribution in [0.15, 0.2) is 24.3 Å². The number of anilines is 1. The summed E-state index contributed by atoms with van der Waals surface area (Å²) in [6.07, 6.45) is 0. The van der Waals surface area contributed by atoms with Gasteiger partial charge < -0.3 is 15.0 Å². The Morgan fingerprint density at radius 3 is 3.07 bits per heavy atom. The SMILES string of the molecule is COC(=O)CNc1nc2ccccc2[nH]1. The van der Waals surface area contributed by atoms with Crippen molar-refractivity contribution in [2.24, 2.45) is 0 Å². The zero-order chi connectivity index (χ0) is 10.7. The number of nitrogens with one attached hydrogen (secondary N) is 2. The van der Waals surface area contributed by atoms with Gasteiger partial charge in [-0.25, -0.2) is 4.98 Å². The first-order chi connectivity index (χ1) is 7.29. The number of benzene rings is 1. The minimum Gasteiger partial charge on any atom is -0.468 e. The van der Waals surface area contributed by atoms with Gasteiger partial charge in [-0.1, -0.05) is 12.1 Å². The van der Waals surface area contributed by atoms with Crippen molar-refractivity contribution in [1.29, 1.82) is 0 Å².